The highest BCUT2D eigenvalue weighted by atomic mass is 16.8. The van der Waals surface area contributed by atoms with Crippen molar-refractivity contribution < 1.29 is 80.8 Å². The Hall–Kier alpha value is -5.62. The second kappa shape index (κ2) is 15.9. The summed E-state index contributed by atoms with van der Waals surface area (Å²) in [5, 5.41) is 0. The summed E-state index contributed by atoms with van der Waals surface area (Å²) in [4.78, 5) is 50.2. The Bertz CT molecular complexity index is 1930. The zero-order chi connectivity index (χ0) is 38.9. The number of benzene rings is 3. The van der Waals surface area contributed by atoms with Crippen molar-refractivity contribution in [2.75, 3.05) is 34.2 Å². The van der Waals surface area contributed by atoms with Crippen LogP contribution in [-0.2, 0) is 58.9 Å². The molecule has 17 nitrogen and oxygen atoms in total. The maximum absolute atomic E-state index is 13.8. The van der Waals surface area contributed by atoms with Gasteiger partial charge in [0.05, 0.1) is 39.5 Å². The molecule has 10 atom stereocenters. The first-order chi connectivity index (χ1) is 27.3. The van der Waals surface area contributed by atoms with E-state index >= 15 is 0 Å². The van der Waals surface area contributed by atoms with Crippen LogP contribution in [0.4, 0.5) is 4.79 Å². The molecular weight excluding hydrogens is 740 g/mol. The third-order valence-electron chi connectivity index (χ3n) is 10.5. The zero-order valence-electron chi connectivity index (χ0n) is 30.4. The number of cyclic esters (lactones) is 1. The van der Waals surface area contributed by atoms with Gasteiger partial charge in [-0.05, 0) is 53.4 Å². The SMILES string of the molecule is COc1cc([C@@H]2c3cc4c(cc3[C@@H](O[C@@H]3O[C@@H]5CO[C@@H](C)O[C@H]5[C@H](OC=O)[C@H]3OC=O)[C@H]3COC(=O)[C@H]23)OCO4)cc(OC)c1OC(=O)OCc1ccccc1. The molecule has 56 heavy (non-hydrogen) atoms. The van der Waals surface area contributed by atoms with Gasteiger partial charge in [0, 0.05) is 11.8 Å². The summed E-state index contributed by atoms with van der Waals surface area (Å²) in [6, 6.07) is 15.9. The first kappa shape index (κ1) is 37.3. The lowest BCUT2D eigenvalue weighted by Crippen LogP contribution is -2.64. The molecule has 4 aliphatic heterocycles. The quantitative estimate of drug-likeness (QED) is 0.112. The van der Waals surface area contributed by atoms with Gasteiger partial charge in [0.25, 0.3) is 12.9 Å². The van der Waals surface area contributed by atoms with Gasteiger partial charge in [-0.25, -0.2) is 4.79 Å². The second-order valence-electron chi connectivity index (χ2n) is 13.5. The molecule has 3 aromatic rings. The second-order valence-corrected chi connectivity index (χ2v) is 13.5. The summed E-state index contributed by atoms with van der Waals surface area (Å²) in [6.45, 7) is 2.09. The Labute approximate surface area is 319 Å². The zero-order valence-corrected chi connectivity index (χ0v) is 30.4. The molecule has 3 fully saturated rings. The van der Waals surface area contributed by atoms with Crippen molar-refractivity contribution in [3.05, 3.63) is 76.9 Å². The van der Waals surface area contributed by atoms with Crippen LogP contribution in [0.15, 0.2) is 54.6 Å². The molecule has 0 amide bonds. The molecule has 0 aromatic heterocycles. The summed E-state index contributed by atoms with van der Waals surface area (Å²) in [6.07, 6.45) is -7.85. The lowest BCUT2D eigenvalue weighted by Gasteiger charge is -2.48. The van der Waals surface area contributed by atoms with Crippen LogP contribution in [-0.4, -0.2) is 96.3 Å². The van der Waals surface area contributed by atoms with Crippen LogP contribution in [0.2, 0.25) is 0 Å². The first-order valence-electron chi connectivity index (χ1n) is 17.8. The van der Waals surface area contributed by atoms with Crippen molar-refractivity contribution in [1.82, 2.24) is 0 Å². The van der Waals surface area contributed by atoms with Gasteiger partial charge in [-0.3, -0.25) is 14.4 Å². The molecular formula is C39H38O17. The maximum Gasteiger partial charge on any atom is 0.514 e. The van der Waals surface area contributed by atoms with Crippen molar-refractivity contribution in [2.45, 2.75) is 62.5 Å². The van der Waals surface area contributed by atoms with Crippen molar-refractivity contribution in [2.24, 2.45) is 11.8 Å². The van der Waals surface area contributed by atoms with E-state index < -0.39 is 73.0 Å². The van der Waals surface area contributed by atoms with Gasteiger partial charge >= 0.3 is 12.1 Å². The van der Waals surface area contributed by atoms with Crippen molar-refractivity contribution >= 4 is 25.1 Å². The summed E-state index contributed by atoms with van der Waals surface area (Å²) in [5.74, 6) is -1.60. The highest BCUT2D eigenvalue weighted by Crippen LogP contribution is 2.57. The smallest absolute Gasteiger partial charge is 0.493 e. The monoisotopic (exact) mass is 778 g/mol. The van der Waals surface area contributed by atoms with Gasteiger partial charge in [-0.15, -0.1) is 0 Å². The number of fused-ring (bicyclic) bond motifs is 4. The topological polar surface area (TPSA) is 188 Å². The summed E-state index contributed by atoms with van der Waals surface area (Å²) < 4.78 is 75.1. The third-order valence-corrected chi connectivity index (χ3v) is 10.5. The van der Waals surface area contributed by atoms with E-state index in [1.807, 2.05) is 30.3 Å². The number of carbonyl (C=O) groups is 4. The molecule has 0 unspecified atom stereocenters. The summed E-state index contributed by atoms with van der Waals surface area (Å²) >= 11 is 0. The molecule has 1 aliphatic carbocycles. The molecule has 0 spiro atoms. The van der Waals surface area contributed by atoms with E-state index in [2.05, 4.69) is 0 Å². The van der Waals surface area contributed by atoms with E-state index in [0.29, 0.717) is 28.2 Å². The largest absolute Gasteiger partial charge is 0.514 e. The molecule has 0 bridgehead atoms. The van der Waals surface area contributed by atoms with E-state index in [4.69, 9.17) is 61.6 Å². The standard InChI is InChI=1S/C39H38O17/c1-19-46-15-29-34(53-19)35(49-16-40)36(50-17-41)38(54-29)55-32-23-12-26-25(51-18-52-26)11-22(23)30(31-24(32)14-47-37(31)42)21-9-27(44-2)33(28(10-21)45-3)56-39(43)48-13-20-7-5-4-6-8-20/h4-12,16-17,19,24,29-32,34-36,38H,13-15,18H2,1-3H3/t19-,24+,29-,30-,31+,32-,34-,35+,36-,38+/m1/s1. The van der Waals surface area contributed by atoms with Crippen molar-refractivity contribution in [3.63, 3.8) is 0 Å². The molecule has 4 heterocycles. The Morgan fingerprint density at radius 3 is 2.25 bits per heavy atom. The van der Waals surface area contributed by atoms with Gasteiger partial charge in [0.2, 0.25) is 12.5 Å². The third kappa shape index (κ3) is 6.91. The van der Waals surface area contributed by atoms with E-state index in [0.717, 1.165) is 5.56 Å². The molecule has 0 radical (unpaired) electrons. The molecule has 3 saturated heterocycles. The lowest BCUT2D eigenvalue weighted by atomic mass is 9.66. The highest BCUT2D eigenvalue weighted by molar-refractivity contribution is 5.79. The number of ether oxygens (including phenoxy) is 13. The van der Waals surface area contributed by atoms with Gasteiger partial charge < -0.3 is 61.6 Å². The predicted octanol–water partition coefficient (Wildman–Crippen LogP) is 3.71. The number of methoxy groups -OCH3 is 2. The normalized spacial score (nSPS) is 29.7. The molecule has 3 aromatic carbocycles. The van der Waals surface area contributed by atoms with Crippen LogP contribution in [0.1, 0.15) is 41.2 Å². The van der Waals surface area contributed by atoms with Crippen LogP contribution in [0.25, 0.3) is 0 Å². The van der Waals surface area contributed by atoms with Gasteiger partial charge in [-0.2, -0.15) is 0 Å². The number of carbonyl (C=O) groups excluding carboxylic acids is 4. The van der Waals surface area contributed by atoms with Gasteiger partial charge in [0.1, 0.15) is 18.8 Å². The minimum atomic E-state index is -1.32. The van der Waals surface area contributed by atoms with Crippen LogP contribution in [0.3, 0.4) is 0 Å². The molecule has 5 aliphatic rings. The number of hydrogen-bond acceptors (Lipinski definition) is 17. The fourth-order valence-electron chi connectivity index (χ4n) is 8.05. The lowest BCUT2D eigenvalue weighted by molar-refractivity contribution is -0.363. The molecule has 17 heteroatoms. The minimum Gasteiger partial charge on any atom is -0.493 e. The van der Waals surface area contributed by atoms with Crippen molar-refractivity contribution in [3.8, 4) is 28.7 Å². The van der Waals surface area contributed by atoms with Gasteiger partial charge in [-0.1, -0.05) is 30.3 Å². The number of esters is 1. The number of rotatable bonds is 12. The predicted molar refractivity (Wildman–Crippen MR) is 184 cm³/mol. The van der Waals surface area contributed by atoms with Crippen LogP contribution < -0.4 is 23.7 Å². The maximum atomic E-state index is 13.8. The molecule has 0 N–H and O–H groups in total. The van der Waals surface area contributed by atoms with E-state index in [9.17, 15) is 19.2 Å². The fourth-order valence-corrected chi connectivity index (χ4v) is 8.05. The summed E-state index contributed by atoms with van der Waals surface area (Å²) in [5.41, 5.74) is 2.53. The minimum absolute atomic E-state index is 0.0214. The van der Waals surface area contributed by atoms with Gasteiger partial charge in [0.15, 0.2) is 47.8 Å². The molecule has 296 valence electrons. The van der Waals surface area contributed by atoms with Crippen LogP contribution in [0, 0.1) is 11.8 Å². The summed E-state index contributed by atoms with van der Waals surface area (Å²) in [7, 11) is 2.81. The van der Waals surface area contributed by atoms with E-state index in [1.54, 1.807) is 31.2 Å². The highest BCUT2D eigenvalue weighted by Gasteiger charge is 2.57. The Morgan fingerprint density at radius 2 is 1.55 bits per heavy atom. The van der Waals surface area contributed by atoms with E-state index in [1.165, 1.54) is 14.2 Å². The average molecular weight is 779 g/mol. The number of hydrogen-bond donors (Lipinski definition) is 0. The van der Waals surface area contributed by atoms with Crippen molar-refractivity contribution in [1.29, 1.82) is 0 Å². The molecule has 8 rings (SSSR count). The Kier molecular flexibility index (Phi) is 10.6. The fraction of sp³-hybridized carbons (Fsp3) is 0.436. The first-order valence-corrected chi connectivity index (χ1v) is 17.8. The van der Waals surface area contributed by atoms with Crippen LogP contribution in [0.5, 0.6) is 28.7 Å². The van der Waals surface area contributed by atoms with Crippen LogP contribution >= 0.6 is 0 Å². The average Bonchev–Trinajstić information content (AvgIpc) is 3.84. The van der Waals surface area contributed by atoms with E-state index in [-0.39, 0.29) is 56.8 Å². The molecule has 0 saturated carbocycles. The Morgan fingerprint density at radius 1 is 0.857 bits per heavy atom. The Balaban J connectivity index is 1.16.